The van der Waals surface area contributed by atoms with Crippen LogP contribution in [0.1, 0.15) is 5.56 Å². The summed E-state index contributed by atoms with van der Waals surface area (Å²) >= 11 is 0. The van der Waals surface area contributed by atoms with E-state index in [2.05, 4.69) is 4.72 Å². The van der Waals surface area contributed by atoms with Crippen LogP contribution in [0.25, 0.3) is 0 Å². The molecule has 23 heavy (non-hydrogen) atoms. The van der Waals surface area contributed by atoms with Crippen LogP contribution in [0.4, 0.5) is 18.9 Å². The summed E-state index contributed by atoms with van der Waals surface area (Å²) in [6.07, 6.45) is -4.53. The summed E-state index contributed by atoms with van der Waals surface area (Å²) in [4.78, 5) is 0. The van der Waals surface area contributed by atoms with Gasteiger partial charge in [0, 0.05) is 5.69 Å². The van der Waals surface area contributed by atoms with Crippen LogP contribution in [0.3, 0.4) is 0 Å². The summed E-state index contributed by atoms with van der Waals surface area (Å²) in [5, 5.41) is 0. The lowest BCUT2D eigenvalue weighted by Gasteiger charge is -2.11. The molecule has 8 heteroatoms. The van der Waals surface area contributed by atoms with Crippen LogP contribution in [-0.2, 0) is 16.2 Å². The number of ether oxygens (including phenoxy) is 1. The van der Waals surface area contributed by atoms with Gasteiger partial charge in [-0.15, -0.1) is 0 Å². The second-order valence-corrected chi connectivity index (χ2v) is 6.50. The van der Waals surface area contributed by atoms with Gasteiger partial charge < -0.3 is 4.74 Å². The smallest absolute Gasteiger partial charge is 0.416 e. The molecule has 1 N–H and O–H groups in total. The first kappa shape index (κ1) is 17.1. The SMILES string of the molecule is O=S(=O)(CCOc1ccccc1)Nc1cccc(C(F)(F)F)c1. The van der Waals surface area contributed by atoms with Crippen LogP contribution < -0.4 is 9.46 Å². The number of alkyl halides is 3. The maximum Gasteiger partial charge on any atom is 0.416 e. The van der Waals surface area contributed by atoms with Gasteiger partial charge in [0.15, 0.2) is 0 Å². The van der Waals surface area contributed by atoms with E-state index in [0.29, 0.717) is 5.75 Å². The minimum Gasteiger partial charge on any atom is -0.492 e. The monoisotopic (exact) mass is 345 g/mol. The topological polar surface area (TPSA) is 55.4 Å². The average molecular weight is 345 g/mol. The molecule has 2 aromatic carbocycles. The average Bonchev–Trinajstić information content (AvgIpc) is 2.47. The minimum atomic E-state index is -4.53. The van der Waals surface area contributed by atoms with Gasteiger partial charge in [-0.25, -0.2) is 8.42 Å². The highest BCUT2D eigenvalue weighted by molar-refractivity contribution is 7.92. The number of rotatable bonds is 6. The van der Waals surface area contributed by atoms with E-state index in [0.717, 1.165) is 18.2 Å². The highest BCUT2D eigenvalue weighted by Crippen LogP contribution is 2.30. The lowest BCUT2D eigenvalue weighted by Crippen LogP contribution is -2.21. The van der Waals surface area contributed by atoms with Crippen LogP contribution in [0.15, 0.2) is 54.6 Å². The van der Waals surface area contributed by atoms with Crippen molar-refractivity contribution in [2.75, 3.05) is 17.1 Å². The van der Waals surface area contributed by atoms with Gasteiger partial charge in [0.1, 0.15) is 18.1 Å². The van der Waals surface area contributed by atoms with E-state index in [9.17, 15) is 21.6 Å². The Hall–Kier alpha value is -2.22. The van der Waals surface area contributed by atoms with Crippen molar-refractivity contribution in [2.24, 2.45) is 0 Å². The quantitative estimate of drug-likeness (QED) is 0.871. The van der Waals surface area contributed by atoms with Crippen LogP contribution in [0, 0.1) is 0 Å². The molecule has 124 valence electrons. The van der Waals surface area contributed by atoms with E-state index in [1.54, 1.807) is 30.3 Å². The number of halogens is 3. The molecule has 0 radical (unpaired) electrons. The molecule has 0 spiro atoms. The Bertz CT molecular complexity index is 746. The Morgan fingerprint density at radius 2 is 1.70 bits per heavy atom. The van der Waals surface area contributed by atoms with E-state index < -0.39 is 21.8 Å². The first-order chi connectivity index (χ1) is 10.8. The summed E-state index contributed by atoms with van der Waals surface area (Å²) in [6, 6.07) is 12.6. The Kier molecular flexibility index (Phi) is 5.15. The zero-order valence-electron chi connectivity index (χ0n) is 11.9. The maximum atomic E-state index is 12.6. The number of sulfonamides is 1. The zero-order valence-corrected chi connectivity index (χ0v) is 12.7. The number of hydrogen-bond donors (Lipinski definition) is 1. The van der Waals surface area contributed by atoms with E-state index in [-0.39, 0.29) is 18.0 Å². The summed E-state index contributed by atoms with van der Waals surface area (Å²) in [5.74, 6) is 0.139. The maximum absolute atomic E-state index is 12.6. The summed E-state index contributed by atoms with van der Waals surface area (Å²) in [6.45, 7) is -0.113. The fourth-order valence-corrected chi connectivity index (χ4v) is 2.67. The standard InChI is InChI=1S/C15H14F3NO3S/c16-15(17,18)12-5-4-6-13(11-12)19-23(20,21)10-9-22-14-7-2-1-3-8-14/h1-8,11,19H,9-10H2. The van der Waals surface area contributed by atoms with Gasteiger partial charge in [0.25, 0.3) is 0 Å². The number of nitrogens with one attached hydrogen (secondary N) is 1. The highest BCUT2D eigenvalue weighted by atomic mass is 32.2. The van der Waals surface area contributed by atoms with Crippen molar-refractivity contribution in [1.82, 2.24) is 0 Å². The number of hydrogen-bond acceptors (Lipinski definition) is 3. The molecule has 0 aromatic heterocycles. The second kappa shape index (κ2) is 6.91. The lowest BCUT2D eigenvalue weighted by molar-refractivity contribution is -0.137. The highest BCUT2D eigenvalue weighted by Gasteiger charge is 2.30. The Morgan fingerprint density at radius 3 is 2.35 bits per heavy atom. The van der Waals surface area contributed by atoms with Gasteiger partial charge in [0.05, 0.1) is 5.56 Å². The molecular formula is C15H14F3NO3S. The van der Waals surface area contributed by atoms with Crippen LogP contribution in [0.2, 0.25) is 0 Å². The molecule has 0 saturated carbocycles. The van der Waals surface area contributed by atoms with Crippen molar-refractivity contribution in [3.05, 3.63) is 60.2 Å². The fraction of sp³-hybridized carbons (Fsp3) is 0.200. The lowest BCUT2D eigenvalue weighted by atomic mass is 10.2. The number of benzene rings is 2. The Balaban J connectivity index is 1.96. The molecule has 4 nitrogen and oxygen atoms in total. The van der Waals surface area contributed by atoms with Crippen molar-refractivity contribution < 1.29 is 26.3 Å². The van der Waals surface area contributed by atoms with Crippen LogP contribution in [0.5, 0.6) is 5.75 Å². The Morgan fingerprint density at radius 1 is 1.00 bits per heavy atom. The van der Waals surface area contributed by atoms with E-state index in [4.69, 9.17) is 4.74 Å². The van der Waals surface area contributed by atoms with Gasteiger partial charge in [-0.3, -0.25) is 4.72 Å². The Labute approximate surface area is 132 Å². The van der Waals surface area contributed by atoms with Crippen LogP contribution >= 0.6 is 0 Å². The van der Waals surface area contributed by atoms with Gasteiger partial charge in [-0.05, 0) is 30.3 Å². The molecule has 0 fully saturated rings. The molecular weight excluding hydrogens is 331 g/mol. The fourth-order valence-electron chi connectivity index (χ4n) is 1.78. The molecule has 0 amide bonds. The third-order valence-corrected chi connectivity index (χ3v) is 4.08. The van der Waals surface area contributed by atoms with E-state index in [1.807, 2.05) is 0 Å². The zero-order chi connectivity index (χ0) is 16.9. The normalized spacial score (nSPS) is 12.0. The first-order valence-corrected chi connectivity index (χ1v) is 8.27. The van der Waals surface area contributed by atoms with Crippen molar-refractivity contribution in [3.8, 4) is 5.75 Å². The molecule has 2 aromatic rings. The molecule has 0 atom stereocenters. The number of anilines is 1. The third kappa shape index (κ3) is 5.48. The van der Waals surface area contributed by atoms with Gasteiger partial charge >= 0.3 is 6.18 Å². The van der Waals surface area contributed by atoms with Gasteiger partial charge in [-0.2, -0.15) is 13.2 Å². The van der Waals surface area contributed by atoms with Crippen LogP contribution in [-0.4, -0.2) is 20.8 Å². The van der Waals surface area contributed by atoms with E-state index in [1.165, 1.54) is 6.07 Å². The van der Waals surface area contributed by atoms with Crippen molar-refractivity contribution in [2.45, 2.75) is 6.18 Å². The molecule has 0 aliphatic rings. The summed E-state index contributed by atoms with van der Waals surface area (Å²) in [7, 11) is -3.81. The van der Waals surface area contributed by atoms with Crippen molar-refractivity contribution in [1.29, 1.82) is 0 Å². The van der Waals surface area contributed by atoms with Crippen molar-refractivity contribution >= 4 is 15.7 Å². The molecule has 0 bridgehead atoms. The predicted molar refractivity (Wildman–Crippen MR) is 80.8 cm³/mol. The minimum absolute atomic E-state index is 0.113. The molecule has 0 heterocycles. The molecule has 0 unspecified atom stereocenters. The molecule has 2 rings (SSSR count). The van der Waals surface area contributed by atoms with E-state index >= 15 is 0 Å². The van der Waals surface area contributed by atoms with Gasteiger partial charge in [0.2, 0.25) is 10.0 Å². The first-order valence-electron chi connectivity index (χ1n) is 6.62. The molecule has 0 aliphatic heterocycles. The molecule has 0 saturated heterocycles. The largest absolute Gasteiger partial charge is 0.492 e. The predicted octanol–water partition coefficient (Wildman–Crippen LogP) is 3.53. The third-order valence-electron chi connectivity index (χ3n) is 2.83. The van der Waals surface area contributed by atoms with Crippen molar-refractivity contribution in [3.63, 3.8) is 0 Å². The second-order valence-electron chi connectivity index (χ2n) is 4.66. The number of para-hydroxylation sites is 1. The summed E-state index contributed by atoms with van der Waals surface area (Å²) < 4.78 is 68.9. The summed E-state index contributed by atoms with van der Waals surface area (Å²) in [5.41, 5.74) is -1.06. The van der Waals surface area contributed by atoms with Gasteiger partial charge in [-0.1, -0.05) is 24.3 Å². The molecule has 0 aliphatic carbocycles.